The van der Waals surface area contributed by atoms with Gasteiger partial charge < -0.3 is 14.4 Å². The van der Waals surface area contributed by atoms with Gasteiger partial charge in [-0.15, -0.1) is 0 Å². The van der Waals surface area contributed by atoms with Gasteiger partial charge in [0.2, 0.25) is 0 Å². The lowest BCUT2D eigenvalue weighted by atomic mass is 10.1. The molecule has 3 unspecified atom stereocenters. The van der Waals surface area contributed by atoms with Crippen molar-refractivity contribution in [1.82, 2.24) is 4.90 Å². The molecular formula is C15H16ClFN2O4. The average molecular weight is 343 g/mol. The first-order valence-corrected chi connectivity index (χ1v) is 7.56. The Morgan fingerprint density at radius 2 is 2.04 bits per heavy atom. The third kappa shape index (κ3) is 2.44. The Bertz CT molecular complexity index is 684. The summed E-state index contributed by atoms with van der Waals surface area (Å²) >= 11 is 5.86. The number of carbonyl (C=O) groups is 2. The number of ether oxygens (including phenoxy) is 2. The fourth-order valence-corrected chi connectivity index (χ4v) is 3.31. The van der Waals surface area contributed by atoms with Crippen LogP contribution in [0.25, 0.3) is 0 Å². The van der Waals surface area contributed by atoms with Gasteiger partial charge in [0.1, 0.15) is 17.6 Å². The molecule has 0 spiro atoms. The van der Waals surface area contributed by atoms with E-state index < -0.39 is 29.9 Å². The van der Waals surface area contributed by atoms with Crippen LogP contribution in [0, 0.1) is 5.82 Å². The highest BCUT2D eigenvalue weighted by Gasteiger charge is 2.52. The third-order valence-electron chi connectivity index (χ3n) is 4.05. The number of benzene rings is 1. The molecule has 2 saturated heterocycles. The monoisotopic (exact) mass is 342 g/mol. The Morgan fingerprint density at radius 1 is 1.35 bits per heavy atom. The maximum atomic E-state index is 14.3. The van der Waals surface area contributed by atoms with Crippen molar-refractivity contribution in [2.75, 3.05) is 18.6 Å². The van der Waals surface area contributed by atoms with Gasteiger partial charge in [-0.2, -0.15) is 0 Å². The minimum atomic E-state index is -0.765. The van der Waals surface area contributed by atoms with Crippen LogP contribution in [0.4, 0.5) is 14.9 Å². The maximum absolute atomic E-state index is 14.3. The minimum absolute atomic E-state index is 0.0656. The number of anilines is 1. The van der Waals surface area contributed by atoms with Gasteiger partial charge in [-0.3, -0.25) is 4.79 Å². The molecule has 2 fully saturated rings. The van der Waals surface area contributed by atoms with Gasteiger partial charge in [-0.25, -0.2) is 14.1 Å². The Morgan fingerprint density at radius 3 is 2.70 bits per heavy atom. The number of imide groups is 1. The lowest BCUT2D eigenvalue weighted by Gasteiger charge is -2.35. The van der Waals surface area contributed by atoms with Crippen molar-refractivity contribution < 1.29 is 23.5 Å². The van der Waals surface area contributed by atoms with Crippen LogP contribution in [-0.4, -0.2) is 48.7 Å². The minimum Gasteiger partial charge on any atom is -0.495 e. The Hall–Kier alpha value is -1.86. The quantitative estimate of drug-likeness (QED) is 0.775. The molecule has 23 heavy (non-hydrogen) atoms. The zero-order chi connectivity index (χ0) is 16.9. The van der Waals surface area contributed by atoms with Gasteiger partial charge in [0.15, 0.2) is 0 Å². The normalized spacial score (nSPS) is 27.4. The maximum Gasteiger partial charge on any atom is 0.332 e. The lowest BCUT2D eigenvalue weighted by Crippen LogP contribution is -2.53. The number of rotatable bonds is 2. The molecule has 0 aromatic heterocycles. The number of hydrogen-bond acceptors (Lipinski definition) is 4. The molecular weight excluding hydrogens is 327 g/mol. The van der Waals surface area contributed by atoms with E-state index >= 15 is 0 Å². The molecule has 1 aromatic rings. The number of carbonyl (C=O) groups excluding carboxylic acids is 2. The summed E-state index contributed by atoms with van der Waals surface area (Å²) in [4.78, 5) is 27.5. The standard InChI is InChI=1S/C15H16ClFN2O4/c1-7-6-18-13(8(2)23-7)14(20)19(15(18)21)11-5-12(22-3)9(16)4-10(11)17/h4-5,7-8,13H,6H2,1-3H3. The fraction of sp³-hybridized carbons (Fsp3) is 0.467. The summed E-state index contributed by atoms with van der Waals surface area (Å²) in [5.74, 6) is -1.09. The van der Waals surface area contributed by atoms with E-state index in [1.165, 1.54) is 18.1 Å². The third-order valence-corrected chi connectivity index (χ3v) is 4.35. The smallest absolute Gasteiger partial charge is 0.332 e. The van der Waals surface area contributed by atoms with Crippen molar-refractivity contribution in [2.24, 2.45) is 0 Å². The molecule has 3 amide bonds. The van der Waals surface area contributed by atoms with E-state index in [1.54, 1.807) is 6.92 Å². The van der Waals surface area contributed by atoms with Crippen molar-refractivity contribution in [2.45, 2.75) is 32.1 Å². The molecule has 8 heteroatoms. The van der Waals surface area contributed by atoms with Gasteiger partial charge in [0, 0.05) is 12.6 Å². The first-order chi connectivity index (χ1) is 10.8. The van der Waals surface area contributed by atoms with Gasteiger partial charge in [-0.1, -0.05) is 11.6 Å². The van der Waals surface area contributed by atoms with Gasteiger partial charge >= 0.3 is 6.03 Å². The van der Waals surface area contributed by atoms with E-state index in [2.05, 4.69) is 0 Å². The number of halogens is 2. The lowest BCUT2D eigenvalue weighted by molar-refractivity contribution is -0.132. The van der Waals surface area contributed by atoms with E-state index in [1.807, 2.05) is 6.92 Å². The molecule has 124 valence electrons. The van der Waals surface area contributed by atoms with Crippen LogP contribution >= 0.6 is 11.6 Å². The van der Waals surface area contributed by atoms with E-state index in [-0.39, 0.29) is 29.1 Å². The number of urea groups is 1. The first-order valence-electron chi connectivity index (χ1n) is 7.18. The number of nitrogens with zero attached hydrogens (tertiary/aromatic N) is 2. The predicted molar refractivity (Wildman–Crippen MR) is 81.3 cm³/mol. The summed E-state index contributed by atoms with van der Waals surface area (Å²) in [5, 5.41) is 0.0656. The molecule has 3 atom stereocenters. The SMILES string of the molecule is COc1cc(N2C(=O)C3C(C)OC(C)CN3C2=O)c(F)cc1Cl. The van der Waals surface area contributed by atoms with Crippen LogP contribution in [0.2, 0.25) is 5.02 Å². The number of methoxy groups -OCH3 is 1. The summed E-state index contributed by atoms with van der Waals surface area (Å²) in [6, 6.07) is 0.960. The van der Waals surface area contributed by atoms with E-state index in [9.17, 15) is 14.0 Å². The molecule has 0 N–H and O–H groups in total. The Kier molecular flexibility index (Phi) is 3.93. The van der Waals surface area contributed by atoms with Crippen molar-refractivity contribution in [1.29, 1.82) is 0 Å². The molecule has 2 aliphatic heterocycles. The highest BCUT2D eigenvalue weighted by Crippen LogP contribution is 2.37. The molecule has 3 rings (SSSR count). The van der Waals surface area contributed by atoms with Gasteiger partial charge in [0.05, 0.1) is 30.0 Å². The second-order valence-corrected chi connectivity index (χ2v) is 6.05. The summed E-state index contributed by atoms with van der Waals surface area (Å²) in [6.07, 6.45) is -0.653. The first kappa shape index (κ1) is 16.0. The number of fused-ring (bicyclic) bond motifs is 1. The average Bonchev–Trinajstić information content (AvgIpc) is 2.71. The number of morpholine rings is 1. The van der Waals surface area contributed by atoms with E-state index in [0.29, 0.717) is 0 Å². The van der Waals surface area contributed by atoms with Gasteiger partial charge in [0.25, 0.3) is 5.91 Å². The second-order valence-electron chi connectivity index (χ2n) is 5.64. The highest BCUT2D eigenvalue weighted by atomic mass is 35.5. The molecule has 2 heterocycles. The van der Waals surface area contributed by atoms with Crippen LogP contribution < -0.4 is 9.64 Å². The molecule has 0 bridgehead atoms. The highest BCUT2D eigenvalue weighted by molar-refractivity contribution is 6.32. The van der Waals surface area contributed by atoms with Crippen molar-refractivity contribution in [3.63, 3.8) is 0 Å². The largest absolute Gasteiger partial charge is 0.495 e. The zero-order valence-corrected chi connectivity index (χ0v) is 13.6. The summed E-state index contributed by atoms with van der Waals surface area (Å²) in [5.41, 5.74) is -0.171. The zero-order valence-electron chi connectivity index (χ0n) is 12.9. The fourth-order valence-electron chi connectivity index (χ4n) is 3.08. The predicted octanol–water partition coefficient (Wildman–Crippen LogP) is 2.43. The Labute approximate surface area is 137 Å². The summed E-state index contributed by atoms with van der Waals surface area (Å²) in [7, 11) is 1.37. The molecule has 1 aromatic carbocycles. The van der Waals surface area contributed by atoms with Crippen molar-refractivity contribution >= 4 is 29.2 Å². The molecule has 0 saturated carbocycles. The van der Waals surface area contributed by atoms with Crippen molar-refractivity contribution in [3.05, 3.63) is 23.0 Å². The van der Waals surface area contributed by atoms with Crippen LogP contribution in [0.3, 0.4) is 0 Å². The van der Waals surface area contributed by atoms with Crippen LogP contribution in [0.5, 0.6) is 5.75 Å². The number of hydrogen-bond donors (Lipinski definition) is 0. The second kappa shape index (κ2) is 5.65. The Balaban J connectivity index is 2.04. The van der Waals surface area contributed by atoms with Gasteiger partial charge in [-0.05, 0) is 19.9 Å². The van der Waals surface area contributed by atoms with Crippen molar-refractivity contribution in [3.8, 4) is 5.75 Å². The molecule has 2 aliphatic rings. The topological polar surface area (TPSA) is 59.1 Å². The molecule has 0 radical (unpaired) electrons. The van der Waals surface area contributed by atoms with E-state index in [4.69, 9.17) is 21.1 Å². The molecule has 0 aliphatic carbocycles. The van der Waals surface area contributed by atoms with Crippen LogP contribution in [-0.2, 0) is 9.53 Å². The number of amides is 3. The van der Waals surface area contributed by atoms with Crippen LogP contribution in [0.15, 0.2) is 12.1 Å². The summed E-state index contributed by atoms with van der Waals surface area (Å²) < 4.78 is 24.9. The van der Waals surface area contributed by atoms with Crippen LogP contribution in [0.1, 0.15) is 13.8 Å². The summed E-state index contributed by atoms with van der Waals surface area (Å²) in [6.45, 7) is 3.82. The van der Waals surface area contributed by atoms with E-state index in [0.717, 1.165) is 11.0 Å². The molecule has 6 nitrogen and oxygen atoms in total.